The molecule has 6 nitrogen and oxygen atoms in total. The number of imidazole rings is 1. The molecule has 1 saturated heterocycles. The fourth-order valence-corrected chi connectivity index (χ4v) is 3.26. The van der Waals surface area contributed by atoms with Gasteiger partial charge in [0.1, 0.15) is 17.4 Å². The van der Waals surface area contributed by atoms with Gasteiger partial charge in [-0.3, -0.25) is 4.79 Å². The van der Waals surface area contributed by atoms with Crippen molar-refractivity contribution >= 4 is 16.9 Å². The zero-order valence-corrected chi connectivity index (χ0v) is 13.3. The predicted molar refractivity (Wildman–Crippen MR) is 84.9 cm³/mol. The van der Waals surface area contributed by atoms with E-state index in [4.69, 9.17) is 4.42 Å². The number of H-pyrrole nitrogens is 1. The lowest BCUT2D eigenvalue weighted by Gasteiger charge is -2.34. The van der Waals surface area contributed by atoms with Gasteiger partial charge in [-0.2, -0.15) is 0 Å². The number of aromatic nitrogens is 3. The number of carbonyl (C=O) groups excluding carboxylic acids is 1. The number of rotatable bonds is 2. The number of nitrogens with one attached hydrogen (secondary N) is 1. The quantitative estimate of drug-likeness (QED) is 0.782. The summed E-state index contributed by atoms with van der Waals surface area (Å²) in [6, 6.07) is 4.28. The highest BCUT2D eigenvalue weighted by molar-refractivity contribution is 5.93. The summed E-state index contributed by atoms with van der Waals surface area (Å²) in [5, 5.41) is 0. The standard InChI is InChI=1S/C17H17FN4O2/c1-10-15(19-9-24-10)17(23)22-7-3-2-4-14(22)16-20-12-6-5-11(18)8-13(12)21-16/h5-6,8-9,14H,2-4,7H2,1H3,(H,20,21)/t14-/m1/s1. The second-order valence-corrected chi connectivity index (χ2v) is 6.05. The molecular weight excluding hydrogens is 311 g/mol. The van der Waals surface area contributed by atoms with Gasteiger partial charge in [-0.05, 0) is 44.4 Å². The minimum atomic E-state index is -0.313. The molecule has 0 saturated carbocycles. The van der Waals surface area contributed by atoms with Gasteiger partial charge in [-0.25, -0.2) is 14.4 Å². The van der Waals surface area contributed by atoms with Gasteiger partial charge < -0.3 is 14.3 Å². The molecular formula is C17H17FN4O2. The van der Waals surface area contributed by atoms with Gasteiger partial charge in [0, 0.05) is 6.54 Å². The number of hydrogen-bond acceptors (Lipinski definition) is 4. The molecule has 0 unspecified atom stereocenters. The van der Waals surface area contributed by atoms with Gasteiger partial charge in [0.05, 0.1) is 17.1 Å². The van der Waals surface area contributed by atoms with Gasteiger partial charge in [-0.1, -0.05) is 0 Å². The highest BCUT2D eigenvalue weighted by atomic mass is 19.1. The fraction of sp³-hybridized carbons (Fsp3) is 0.353. The van der Waals surface area contributed by atoms with E-state index in [1.807, 2.05) is 0 Å². The number of aromatic amines is 1. The topological polar surface area (TPSA) is 75.0 Å². The van der Waals surface area contributed by atoms with Gasteiger partial charge >= 0.3 is 0 Å². The summed E-state index contributed by atoms with van der Waals surface area (Å²) < 4.78 is 18.5. The van der Waals surface area contributed by atoms with Crippen LogP contribution in [0.25, 0.3) is 11.0 Å². The van der Waals surface area contributed by atoms with Crippen molar-refractivity contribution in [2.24, 2.45) is 0 Å². The number of likely N-dealkylation sites (tertiary alicyclic amines) is 1. The second-order valence-electron chi connectivity index (χ2n) is 6.05. The molecule has 1 aliphatic rings. The zero-order chi connectivity index (χ0) is 16.7. The van der Waals surface area contributed by atoms with Crippen molar-refractivity contribution in [3.63, 3.8) is 0 Å². The summed E-state index contributed by atoms with van der Waals surface area (Å²) in [6.07, 6.45) is 4.04. The Balaban J connectivity index is 1.70. The zero-order valence-electron chi connectivity index (χ0n) is 13.3. The Morgan fingerprint density at radius 3 is 3.08 bits per heavy atom. The van der Waals surface area contributed by atoms with E-state index < -0.39 is 0 Å². The van der Waals surface area contributed by atoms with Crippen molar-refractivity contribution in [3.05, 3.63) is 47.7 Å². The summed E-state index contributed by atoms with van der Waals surface area (Å²) in [5.74, 6) is 0.728. The first kappa shape index (κ1) is 14.9. The molecule has 1 aromatic carbocycles. The van der Waals surface area contributed by atoms with Crippen molar-refractivity contribution in [1.82, 2.24) is 19.9 Å². The van der Waals surface area contributed by atoms with Crippen LogP contribution in [0.2, 0.25) is 0 Å². The molecule has 0 bridgehead atoms. The molecule has 1 atom stereocenters. The largest absolute Gasteiger partial charge is 0.448 e. The Morgan fingerprint density at radius 2 is 2.29 bits per heavy atom. The average molecular weight is 328 g/mol. The van der Waals surface area contributed by atoms with Crippen LogP contribution in [0.3, 0.4) is 0 Å². The summed E-state index contributed by atoms with van der Waals surface area (Å²) in [5.41, 5.74) is 1.67. The Morgan fingerprint density at radius 1 is 1.42 bits per heavy atom. The van der Waals surface area contributed by atoms with E-state index in [9.17, 15) is 9.18 Å². The molecule has 1 fully saturated rings. The van der Waals surface area contributed by atoms with Crippen LogP contribution in [-0.2, 0) is 0 Å². The van der Waals surface area contributed by atoms with E-state index >= 15 is 0 Å². The highest BCUT2D eigenvalue weighted by Crippen LogP contribution is 2.32. The Labute approximate surface area is 137 Å². The summed E-state index contributed by atoms with van der Waals surface area (Å²) >= 11 is 0. The molecule has 2 aromatic heterocycles. The van der Waals surface area contributed by atoms with E-state index in [2.05, 4.69) is 15.0 Å². The Bertz CT molecular complexity index is 901. The number of piperidine rings is 1. The lowest BCUT2D eigenvalue weighted by Crippen LogP contribution is -2.39. The SMILES string of the molecule is Cc1ocnc1C(=O)N1CCCC[C@@H]1c1nc2ccc(F)cc2[nH]1. The van der Waals surface area contributed by atoms with Crippen LogP contribution >= 0.6 is 0 Å². The van der Waals surface area contributed by atoms with Gasteiger partial charge in [-0.15, -0.1) is 0 Å². The second kappa shape index (κ2) is 5.74. The minimum absolute atomic E-state index is 0.155. The summed E-state index contributed by atoms with van der Waals surface area (Å²) in [6.45, 7) is 2.37. The number of halogens is 1. The van der Waals surface area contributed by atoms with E-state index in [1.165, 1.54) is 18.5 Å². The molecule has 1 N–H and O–H groups in total. The Kier molecular flexibility index (Phi) is 3.55. The maximum Gasteiger partial charge on any atom is 0.276 e. The van der Waals surface area contributed by atoms with Crippen molar-refractivity contribution < 1.29 is 13.6 Å². The Hall–Kier alpha value is -2.70. The maximum atomic E-state index is 13.4. The fourth-order valence-electron chi connectivity index (χ4n) is 3.26. The molecule has 0 radical (unpaired) electrons. The van der Waals surface area contributed by atoms with E-state index in [-0.39, 0.29) is 17.8 Å². The van der Waals surface area contributed by atoms with Crippen LogP contribution in [0.5, 0.6) is 0 Å². The maximum absolute atomic E-state index is 13.4. The number of oxazole rings is 1. The monoisotopic (exact) mass is 328 g/mol. The lowest BCUT2D eigenvalue weighted by molar-refractivity contribution is 0.0594. The third-order valence-corrected chi connectivity index (χ3v) is 4.49. The molecule has 1 aliphatic heterocycles. The van der Waals surface area contributed by atoms with Crippen LogP contribution in [0, 0.1) is 12.7 Å². The molecule has 0 aliphatic carbocycles. The highest BCUT2D eigenvalue weighted by Gasteiger charge is 2.32. The molecule has 0 spiro atoms. The van der Waals surface area contributed by atoms with Crippen LogP contribution < -0.4 is 0 Å². The van der Waals surface area contributed by atoms with E-state index in [0.29, 0.717) is 34.9 Å². The number of benzene rings is 1. The van der Waals surface area contributed by atoms with Crippen LogP contribution in [0.1, 0.15) is 47.4 Å². The van der Waals surface area contributed by atoms with Gasteiger partial charge in [0.25, 0.3) is 5.91 Å². The first-order chi connectivity index (χ1) is 11.6. The minimum Gasteiger partial charge on any atom is -0.448 e. The van der Waals surface area contributed by atoms with Crippen LogP contribution in [-0.4, -0.2) is 32.3 Å². The molecule has 4 rings (SSSR count). The first-order valence-electron chi connectivity index (χ1n) is 7.99. The number of carbonyl (C=O) groups is 1. The van der Waals surface area contributed by atoms with E-state index in [1.54, 1.807) is 17.9 Å². The van der Waals surface area contributed by atoms with Crippen molar-refractivity contribution in [2.75, 3.05) is 6.54 Å². The lowest BCUT2D eigenvalue weighted by atomic mass is 10.0. The predicted octanol–water partition coefficient (Wildman–Crippen LogP) is 3.37. The number of nitrogens with zero attached hydrogens (tertiary/aromatic N) is 3. The van der Waals surface area contributed by atoms with Crippen LogP contribution in [0.15, 0.2) is 29.0 Å². The summed E-state index contributed by atoms with van der Waals surface area (Å²) in [4.78, 5) is 26.4. The first-order valence-corrected chi connectivity index (χ1v) is 7.99. The number of hydrogen-bond donors (Lipinski definition) is 1. The third kappa shape index (κ3) is 2.46. The summed E-state index contributed by atoms with van der Waals surface area (Å²) in [7, 11) is 0. The normalized spacial score (nSPS) is 18.2. The number of fused-ring (bicyclic) bond motifs is 1. The molecule has 1 amide bonds. The number of amides is 1. The number of aryl methyl sites for hydroxylation is 1. The molecule has 3 aromatic rings. The van der Waals surface area contributed by atoms with Gasteiger partial charge in [0.2, 0.25) is 0 Å². The smallest absolute Gasteiger partial charge is 0.276 e. The van der Waals surface area contributed by atoms with Crippen molar-refractivity contribution in [1.29, 1.82) is 0 Å². The van der Waals surface area contributed by atoms with Crippen LogP contribution in [0.4, 0.5) is 4.39 Å². The third-order valence-electron chi connectivity index (χ3n) is 4.49. The molecule has 3 heterocycles. The van der Waals surface area contributed by atoms with Crippen molar-refractivity contribution in [2.45, 2.75) is 32.2 Å². The molecule has 124 valence electrons. The molecule has 24 heavy (non-hydrogen) atoms. The van der Waals surface area contributed by atoms with E-state index in [0.717, 1.165) is 19.3 Å². The van der Waals surface area contributed by atoms with Gasteiger partial charge in [0.15, 0.2) is 12.1 Å². The van der Waals surface area contributed by atoms with Crippen molar-refractivity contribution in [3.8, 4) is 0 Å². The molecule has 7 heteroatoms. The average Bonchev–Trinajstić information content (AvgIpc) is 3.19.